The number of ether oxygens (including phenoxy) is 2. The van der Waals surface area contributed by atoms with Crippen LogP contribution in [0.15, 0.2) is 6.33 Å². The Kier molecular flexibility index (Phi) is 3.63. The van der Waals surface area contributed by atoms with Crippen molar-refractivity contribution in [1.82, 2.24) is 9.97 Å². The molecule has 1 aliphatic rings. The number of nitrogens with two attached hydrogens (primary N) is 1. The van der Waals surface area contributed by atoms with Crippen LogP contribution in [-0.2, 0) is 4.74 Å². The number of hydrogen-bond acceptors (Lipinski definition) is 6. The van der Waals surface area contributed by atoms with E-state index < -0.39 is 0 Å². The second-order valence-corrected chi connectivity index (χ2v) is 3.97. The summed E-state index contributed by atoms with van der Waals surface area (Å²) in [5.41, 5.74) is 6.47. The predicted octanol–water partition coefficient (Wildman–Crippen LogP) is 0.683. The maximum Gasteiger partial charge on any atom is 0.242 e. The number of nitrogens with zero attached hydrogens (tertiary/aromatic N) is 3. The first-order chi connectivity index (χ1) is 8.26. The maximum atomic E-state index is 5.98. The average Bonchev–Trinajstić information content (AvgIpc) is 2.39. The Bertz CT molecular complexity index is 386. The van der Waals surface area contributed by atoms with Crippen LogP contribution in [-0.4, -0.2) is 42.9 Å². The van der Waals surface area contributed by atoms with E-state index in [0.717, 1.165) is 25.3 Å². The van der Waals surface area contributed by atoms with Gasteiger partial charge < -0.3 is 20.1 Å². The molecule has 2 N–H and O–H groups in total. The van der Waals surface area contributed by atoms with Crippen molar-refractivity contribution in [1.29, 1.82) is 0 Å². The third-order valence-corrected chi connectivity index (χ3v) is 2.91. The summed E-state index contributed by atoms with van der Waals surface area (Å²) in [4.78, 5) is 10.3. The van der Waals surface area contributed by atoms with Crippen molar-refractivity contribution in [2.24, 2.45) is 0 Å². The smallest absolute Gasteiger partial charge is 0.242 e. The Balaban J connectivity index is 2.21. The molecule has 0 saturated carbocycles. The highest BCUT2D eigenvalue weighted by atomic mass is 16.5. The molecule has 0 spiro atoms. The number of methoxy groups -OCH3 is 1. The highest BCUT2D eigenvalue weighted by molar-refractivity contribution is 5.67. The van der Waals surface area contributed by atoms with Crippen LogP contribution in [0.3, 0.4) is 0 Å². The minimum atomic E-state index is 0.240. The monoisotopic (exact) mass is 238 g/mol. The minimum absolute atomic E-state index is 0.240. The average molecular weight is 238 g/mol. The number of aromatic nitrogens is 2. The van der Waals surface area contributed by atoms with Crippen LogP contribution in [0.1, 0.15) is 13.3 Å². The first kappa shape index (κ1) is 11.9. The van der Waals surface area contributed by atoms with E-state index in [1.54, 1.807) is 7.11 Å². The normalized spacial score (nSPS) is 20.4. The van der Waals surface area contributed by atoms with Gasteiger partial charge in [0.05, 0.1) is 19.8 Å². The van der Waals surface area contributed by atoms with E-state index in [0.29, 0.717) is 18.2 Å². The van der Waals surface area contributed by atoms with E-state index in [9.17, 15) is 0 Å². The number of hydrogen-bond donors (Lipinski definition) is 1. The molecule has 0 aliphatic carbocycles. The lowest BCUT2D eigenvalue weighted by Gasteiger charge is -2.33. The third kappa shape index (κ3) is 2.41. The molecule has 1 atom stereocenters. The van der Waals surface area contributed by atoms with Gasteiger partial charge in [-0.25, -0.2) is 4.98 Å². The zero-order valence-electron chi connectivity index (χ0n) is 10.2. The molecule has 6 nitrogen and oxygen atoms in total. The topological polar surface area (TPSA) is 73.5 Å². The molecule has 1 aromatic rings. The van der Waals surface area contributed by atoms with E-state index in [4.69, 9.17) is 15.2 Å². The lowest BCUT2D eigenvalue weighted by atomic mass is 10.2. The van der Waals surface area contributed by atoms with Gasteiger partial charge in [-0.1, -0.05) is 6.92 Å². The molecule has 0 amide bonds. The summed E-state index contributed by atoms with van der Waals surface area (Å²) >= 11 is 0. The Morgan fingerprint density at radius 2 is 2.41 bits per heavy atom. The number of rotatable bonds is 3. The van der Waals surface area contributed by atoms with E-state index in [1.807, 2.05) is 0 Å². The zero-order valence-corrected chi connectivity index (χ0v) is 10.2. The lowest BCUT2D eigenvalue weighted by molar-refractivity contribution is 0.0382. The molecule has 1 aromatic heterocycles. The molecular weight excluding hydrogens is 220 g/mol. The van der Waals surface area contributed by atoms with Crippen molar-refractivity contribution in [2.45, 2.75) is 19.4 Å². The summed E-state index contributed by atoms with van der Waals surface area (Å²) in [6.07, 6.45) is 2.70. The van der Waals surface area contributed by atoms with Gasteiger partial charge in [-0.15, -0.1) is 0 Å². The van der Waals surface area contributed by atoms with E-state index in [-0.39, 0.29) is 6.10 Å². The van der Waals surface area contributed by atoms with Crippen LogP contribution in [0.5, 0.6) is 5.88 Å². The van der Waals surface area contributed by atoms with Crippen LogP contribution in [0, 0.1) is 0 Å². The molecule has 1 unspecified atom stereocenters. The van der Waals surface area contributed by atoms with Crippen molar-refractivity contribution in [3.8, 4) is 5.88 Å². The first-order valence-corrected chi connectivity index (χ1v) is 5.77. The van der Waals surface area contributed by atoms with Crippen LogP contribution in [0.25, 0.3) is 0 Å². The molecule has 6 heteroatoms. The number of nitrogen functional groups attached to an aromatic ring is 1. The fourth-order valence-electron chi connectivity index (χ4n) is 1.94. The van der Waals surface area contributed by atoms with Gasteiger partial charge in [0.15, 0.2) is 5.82 Å². The minimum Gasteiger partial charge on any atom is -0.479 e. The molecule has 1 saturated heterocycles. The third-order valence-electron chi connectivity index (χ3n) is 2.91. The SMILES string of the molecule is CCC1CN(c2ncnc(OC)c2N)CCO1. The van der Waals surface area contributed by atoms with Crippen LogP contribution < -0.4 is 15.4 Å². The van der Waals surface area contributed by atoms with Gasteiger partial charge in [-0.3, -0.25) is 0 Å². The van der Waals surface area contributed by atoms with Crippen molar-refractivity contribution in [2.75, 3.05) is 37.4 Å². The van der Waals surface area contributed by atoms with Crippen molar-refractivity contribution < 1.29 is 9.47 Å². The molecule has 0 radical (unpaired) electrons. The van der Waals surface area contributed by atoms with Gasteiger partial charge in [0.25, 0.3) is 0 Å². The van der Waals surface area contributed by atoms with E-state index >= 15 is 0 Å². The largest absolute Gasteiger partial charge is 0.479 e. The molecule has 17 heavy (non-hydrogen) atoms. The van der Waals surface area contributed by atoms with Gasteiger partial charge in [0.2, 0.25) is 5.88 Å². The van der Waals surface area contributed by atoms with E-state index in [2.05, 4.69) is 21.8 Å². The Hall–Kier alpha value is -1.56. The van der Waals surface area contributed by atoms with Gasteiger partial charge in [0.1, 0.15) is 12.0 Å². The Labute approximate surface area is 101 Å². The highest BCUT2D eigenvalue weighted by Gasteiger charge is 2.23. The summed E-state index contributed by atoms with van der Waals surface area (Å²) in [6.45, 7) is 4.41. The summed E-state index contributed by atoms with van der Waals surface area (Å²) in [7, 11) is 1.55. The standard InChI is InChI=1S/C11H18N4O2/c1-3-8-6-15(4-5-17-8)10-9(12)11(16-2)14-7-13-10/h7-8H,3-6,12H2,1-2H3. The van der Waals surface area contributed by atoms with Crippen LogP contribution in [0.2, 0.25) is 0 Å². The number of morpholine rings is 1. The fourth-order valence-corrected chi connectivity index (χ4v) is 1.94. The van der Waals surface area contributed by atoms with Crippen molar-refractivity contribution >= 4 is 11.5 Å². The molecule has 0 aromatic carbocycles. The first-order valence-electron chi connectivity index (χ1n) is 5.77. The molecule has 1 aliphatic heterocycles. The quantitative estimate of drug-likeness (QED) is 0.835. The summed E-state index contributed by atoms with van der Waals surface area (Å²) in [5, 5.41) is 0. The molecular formula is C11H18N4O2. The highest BCUT2D eigenvalue weighted by Crippen LogP contribution is 2.28. The second kappa shape index (κ2) is 5.18. The van der Waals surface area contributed by atoms with Crippen molar-refractivity contribution in [3.05, 3.63) is 6.33 Å². The number of anilines is 2. The Morgan fingerprint density at radius 1 is 1.59 bits per heavy atom. The van der Waals surface area contributed by atoms with Gasteiger partial charge >= 0.3 is 0 Å². The van der Waals surface area contributed by atoms with Crippen LogP contribution >= 0.6 is 0 Å². The Morgan fingerprint density at radius 3 is 3.12 bits per heavy atom. The zero-order chi connectivity index (χ0) is 12.3. The van der Waals surface area contributed by atoms with E-state index in [1.165, 1.54) is 6.33 Å². The summed E-state index contributed by atoms with van der Waals surface area (Å²) in [6, 6.07) is 0. The van der Waals surface area contributed by atoms with Crippen molar-refractivity contribution in [3.63, 3.8) is 0 Å². The molecule has 2 heterocycles. The van der Waals surface area contributed by atoms with Gasteiger partial charge in [0, 0.05) is 13.1 Å². The summed E-state index contributed by atoms with van der Waals surface area (Å²) < 4.78 is 10.7. The molecule has 0 bridgehead atoms. The second-order valence-electron chi connectivity index (χ2n) is 3.97. The van der Waals surface area contributed by atoms with Crippen LogP contribution in [0.4, 0.5) is 11.5 Å². The predicted molar refractivity (Wildman–Crippen MR) is 65.2 cm³/mol. The fraction of sp³-hybridized carbons (Fsp3) is 0.636. The van der Waals surface area contributed by atoms with Gasteiger partial charge in [-0.05, 0) is 6.42 Å². The maximum absolute atomic E-state index is 5.98. The molecule has 94 valence electrons. The van der Waals surface area contributed by atoms with Gasteiger partial charge in [-0.2, -0.15) is 4.98 Å². The lowest BCUT2D eigenvalue weighted by Crippen LogP contribution is -2.43. The molecule has 2 rings (SSSR count). The molecule has 1 fully saturated rings. The summed E-state index contributed by atoms with van der Waals surface area (Å²) in [5.74, 6) is 1.16.